The van der Waals surface area contributed by atoms with E-state index in [1.54, 1.807) is 0 Å². The Morgan fingerprint density at radius 1 is 0.900 bits per heavy atom. The lowest BCUT2D eigenvalue weighted by Gasteiger charge is -2.21. The Labute approximate surface area is 120 Å². The topological polar surface area (TPSA) is 87.6 Å². The molecule has 0 N–H and O–H groups in total. The van der Waals surface area contributed by atoms with Gasteiger partial charge in [-0.25, -0.2) is 8.42 Å². The number of carbonyl (C=O) groups is 1. The van der Waals surface area contributed by atoms with Gasteiger partial charge in [0.25, 0.3) is 15.6 Å². The highest BCUT2D eigenvalue weighted by Gasteiger charge is 2.44. The Morgan fingerprint density at radius 3 is 1.90 bits per heavy atom. The molecule has 0 heterocycles. The number of hydrogen-bond acceptors (Lipinski definition) is 3. The van der Waals surface area contributed by atoms with E-state index < -0.39 is 25.9 Å². The van der Waals surface area contributed by atoms with Crippen molar-refractivity contribution in [2.75, 3.05) is 0 Å². The number of ketones is 1. The monoisotopic (exact) mass is 298 g/mol. The predicted molar refractivity (Wildman–Crippen MR) is 76.0 cm³/mol. The highest BCUT2D eigenvalue weighted by molar-refractivity contribution is 8.08. The summed E-state index contributed by atoms with van der Waals surface area (Å²) in [6.07, 6.45) is 8.28. The molecule has 0 aliphatic heterocycles. The quantitative estimate of drug-likeness (QED) is 0.347. The van der Waals surface area contributed by atoms with Crippen LogP contribution >= 0.6 is 0 Å². The molecule has 2 fully saturated rings. The lowest BCUT2D eigenvalue weighted by Crippen LogP contribution is -2.38. The van der Waals surface area contributed by atoms with Gasteiger partial charge in [0.2, 0.25) is 0 Å². The largest absolute Gasteiger partial charge is 0.447 e. The molecule has 2 saturated carbocycles. The van der Waals surface area contributed by atoms with Crippen LogP contribution in [0.2, 0.25) is 0 Å². The number of Topliss-reactive ketones (excluding diaryl/α,β-unsaturated/α-hetero) is 1. The van der Waals surface area contributed by atoms with Crippen LogP contribution in [0.15, 0.2) is 0 Å². The lowest BCUT2D eigenvalue weighted by molar-refractivity contribution is -0.120. The average molecular weight is 298 g/mol. The molecule has 0 saturated heterocycles. The molecule has 0 aromatic heterocycles. The van der Waals surface area contributed by atoms with Gasteiger partial charge >= 0.3 is 5.04 Å². The van der Waals surface area contributed by atoms with E-state index in [4.69, 9.17) is 5.53 Å². The van der Waals surface area contributed by atoms with Gasteiger partial charge in [0.15, 0.2) is 0 Å². The summed E-state index contributed by atoms with van der Waals surface area (Å²) in [6.45, 7) is 0. The highest BCUT2D eigenvalue weighted by Crippen LogP contribution is 2.28. The molecule has 0 aromatic rings. The van der Waals surface area contributed by atoms with Crippen molar-refractivity contribution in [2.45, 2.75) is 69.5 Å². The summed E-state index contributed by atoms with van der Waals surface area (Å²) in [5.74, 6) is -0.759. The van der Waals surface area contributed by atoms with Crippen molar-refractivity contribution in [1.29, 1.82) is 0 Å². The van der Waals surface area contributed by atoms with Crippen LogP contribution in [0.3, 0.4) is 0 Å². The summed E-state index contributed by atoms with van der Waals surface area (Å²) in [5.41, 5.74) is 9.08. The highest BCUT2D eigenvalue weighted by atomic mass is 32.2. The van der Waals surface area contributed by atoms with Crippen molar-refractivity contribution in [3.63, 3.8) is 0 Å². The number of nitrogens with zero attached hydrogens (tertiary/aromatic N) is 2. The van der Waals surface area contributed by atoms with E-state index in [9.17, 15) is 13.2 Å². The van der Waals surface area contributed by atoms with Gasteiger partial charge < -0.3 is 5.53 Å². The van der Waals surface area contributed by atoms with E-state index in [0.717, 1.165) is 38.5 Å². The fraction of sp³-hybridized carbons (Fsp3) is 0.857. The van der Waals surface area contributed by atoms with Gasteiger partial charge in [0.05, 0.1) is 5.25 Å². The van der Waals surface area contributed by atoms with Crippen molar-refractivity contribution >= 4 is 20.7 Å². The zero-order valence-corrected chi connectivity index (χ0v) is 12.6. The minimum atomic E-state index is -3.77. The summed E-state index contributed by atoms with van der Waals surface area (Å²) in [7, 11) is -3.77. The molecule has 0 amide bonds. The number of hydrogen-bond donors (Lipinski definition) is 0. The first kappa shape index (κ1) is 15.4. The summed E-state index contributed by atoms with van der Waals surface area (Å²) >= 11 is 0. The Kier molecular flexibility index (Phi) is 5.11. The van der Waals surface area contributed by atoms with Crippen LogP contribution in [0, 0.1) is 5.92 Å². The molecule has 2 rings (SSSR count). The molecular weight excluding hydrogens is 276 g/mol. The Hall–Kier alpha value is -1.00. The van der Waals surface area contributed by atoms with Gasteiger partial charge in [-0.2, -0.15) is 0 Å². The molecule has 112 valence electrons. The third-order valence-electron chi connectivity index (χ3n) is 4.54. The molecule has 0 unspecified atom stereocenters. The van der Waals surface area contributed by atoms with Crippen molar-refractivity contribution < 1.29 is 18.0 Å². The third kappa shape index (κ3) is 3.18. The first-order valence-electron chi connectivity index (χ1n) is 7.57. The van der Waals surface area contributed by atoms with E-state index >= 15 is 0 Å². The van der Waals surface area contributed by atoms with Crippen LogP contribution in [0.25, 0.3) is 5.53 Å². The second-order valence-corrected chi connectivity index (χ2v) is 8.05. The van der Waals surface area contributed by atoms with Crippen LogP contribution in [0.5, 0.6) is 0 Å². The molecule has 0 atom stereocenters. The first-order valence-corrected chi connectivity index (χ1v) is 9.12. The van der Waals surface area contributed by atoms with Crippen LogP contribution in [-0.4, -0.2) is 29.3 Å². The maximum absolute atomic E-state index is 12.5. The van der Waals surface area contributed by atoms with Crippen LogP contribution in [-0.2, 0) is 14.6 Å². The zero-order chi connectivity index (χ0) is 14.6. The fourth-order valence-electron chi connectivity index (χ4n) is 3.32. The lowest BCUT2D eigenvalue weighted by atomic mass is 9.86. The Balaban J connectivity index is 2.18. The number of sulfone groups is 1. The van der Waals surface area contributed by atoms with E-state index in [2.05, 4.69) is 4.79 Å². The summed E-state index contributed by atoms with van der Waals surface area (Å²) in [5, 5.41) is -1.13. The van der Waals surface area contributed by atoms with Gasteiger partial charge in [-0.05, 0) is 25.7 Å². The minimum absolute atomic E-state index is 0.284. The van der Waals surface area contributed by atoms with E-state index in [0.29, 0.717) is 25.7 Å². The van der Waals surface area contributed by atoms with Gasteiger partial charge in [0, 0.05) is 5.92 Å². The maximum Gasteiger partial charge on any atom is 0.447 e. The van der Waals surface area contributed by atoms with Crippen LogP contribution in [0.1, 0.15) is 64.2 Å². The molecule has 20 heavy (non-hydrogen) atoms. The Morgan fingerprint density at radius 2 is 1.40 bits per heavy atom. The van der Waals surface area contributed by atoms with E-state index in [1.165, 1.54) is 0 Å². The average Bonchev–Trinajstić information content (AvgIpc) is 2.49. The molecule has 0 bridgehead atoms. The number of carbonyl (C=O) groups excluding carboxylic acids is 1. The molecule has 0 radical (unpaired) electrons. The zero-order valence-electron chi connectivity index (χ0n) is 11.8. The molecule has 5 nitrogen and oxygen atoms in total. The van der Waals surface area contributed by atoms with E-state index in [1.807, 2.05) is 0 Å². The van der Waals surface area contributed by atoms with Gasteiger partial charge in [0.1, 0.15) is 0 Å². The molecule has 0 spiro atoms. The van der Waals surface area contributed by atoms with Crippen molar-refractivity contribution in [1.82, 2.24) is 0 Å². The SMILES string of the molecule is [N-]=[N+]=C(C(=O)C1CCCCC1)S(=O)(=O)C1CCCCC1. The van der Waals surface area contributed by atoms with Crippen molar-refractivity contribution in [3.8, 4) is 0 Å². The first-order chi connectivity index (χ1) is 9.57. The third-order valence-corrected chi connectivity index (χ3v) is 6.71. The standard InChI is InChI=1S/C14H22N2O3S/c15-16-14(13(17)11-7-3-1-4-8-11)20(18,19)12-9-5-2-6-10-12/h11-12H,1-10H2. The van der Waals surface area contributed by atoms with Crippen molar-refractivity contribution in [3.05, 3.63) is 5.53 Å². The smallest absolute Gasteiger partial charge is 0.360 e. The van der Waals surface area contributed by atoms with Gasteiger partial charge in [-0.15, -0.1) is 4.79 Å². The fourth-order valence-corrected chi connectivity index (χ4v) is 5.15. The second-order valence-electron chi connectivity index (χ2n) is 5.91. The molecule has 6 heteroatoms. The Bertz CT molecular complexity index is 509. The van der Waals surface area contributed by atoms with Crippen LogP contribution < -0.4 is 0 Å². The van der Waals surface area contributed by atoms with Crippen LogP contribution in [0.4, 0.5) is 0 Å². The molecule has 2 aliphatic rings. The molecule has 0 aromatic carbocycles. The van der Waals surface area contributed by atoms with Gasteiger partial charge in [-0.1, -0.05) is 38.5 Å². The van der Waals surface area contributed by atoms with E-state index in [-0.39, 0.29) is 5.92 Å². The van der Waals surface area contributed by atoms with Crippen molar-refractivity contribution in [2.24, 2.45) is 5.92 Å². The summed E-state index contributed by atoms with van der Waals surface area (Å²) in [4.78, 5) is 15.2. The summed E-state index contributed by atoms with van der Waals surface area (Å²) < 4.78 is 25.0. The van der Waals surface area contributed by atoms with Gasteiger partial charge in [-0.3, -0.25) is 4.79 Å². The maximum atomic E-state index is 12.5. The minimum Gasteiger partial charge on any atom is -0.360 e. The molecular formula is C14H22N2O3S. The number of rotatable bonds is 3. The predicted octanol–water partition coefficient (Wildman–Crippen LogP) is 2.51. The normalized spacial score (nSPS) is 22.2. The second kappa shape index (κ2) is 6.64. The molecule has 2 aliphatic carbocycles. The summed E-state index contributed by atoms with van der Waals surface area (Å²) in [6, 6.07) is 0.